The molecule has 3 aromatic rings. The van der Waals surface area contributed by atoms with Crippen molar-refractivity contribution in [3.63, 3.8) is 0 Å². The van der Waals surface area contributed by atoms with Crippen LogP contribution in [0.3, 0.4) is 0 Å². The third-order valence-corrected chi connectivity index (χ3v) is 4.71. The lowest BCUT2D eigenvalue weighted by Crippen LogP contribution is -2.31. The van der Waals surface area contributed by atoms with Gasteiger partial charge in [0.15, 0.2) is 0 Å². The van der Waals surface area contributed by atoms with Gasteiger partial charge >= 0.3 is 0 Å². The van der Waals surface area contributed by atoms with Crippen LogP contribution in [0.5, 0.6) is 0 Å². The molecule has 132 valence electrons. The Bertz CT molecular complexity index is 945. The number of pyridine rings is 1. The van der Waals surface area contributed by atoms with Gasteiger partial charge in [0.25, 0.3) is 5.91 Å². The van der Waals surface area contributed by atoms with Crippen LogP contribution in [0.1, 0.15) is 35.1 Å². The maximum Gasteiger partial charge on any atom is 0.251 e. The van der Waals surface area contributed by atoms with Gasteiger partial charge in [-0.1, -0.05) is 18.2 Å². The number of benzene rings is 1. The van der Waals surface area contributed by atoms with E-state index >= 15 is 0 Å². The molecule has 1 saturated carbocycles. The maximum atomic E-state index is 12.9. The Morgan fingerprint density at radius 2 is 2.08 bits per heavy atom. The van der Waals surface area contributed by atoms with E-state index < -0.39 is 0 Å². The van der Waals surface area contributed by atoms with E-state index in [0.717, 1.165) is 29.9 Å². The van der Waals surface area contributed by atoms with E-state index in [0.29, 0.717) is 17.3 Å². The maximum absolute atomic E-state index is 12.9. The Morgan fingerprint density at radius 1 is 1.27 bits per heavy atom. The molecule has 6 heteroatoms. The fourth-order valence-electron chi connectivity index (χ4n) is 3.16. The summed E-state index contributed by atoms with van der Waals surface area (Å²) in [5, 5.41) is 3.16. The first-order valence-corrected chi connectivity index (χ1v) is 8.73. The van der Waals surface area contributed by atoms with Crippen LogP contribution in [0.4, 0.5) is 5.82 Å². The second-order valence-corrected chi connectivity index (χ2v) is 6.71. The van der Waals surface area contributed by atoms with Crippen molar-refractivity contribution in [3.05, 3.63) is 66.2 Å². The summed E-state index contributed by atoms with van der Waals surface area (Å²) in [5.74, 6) is 1.71. The Hall–Kier alpha value is -3.15. The lowest BCUT2D eigenvalue weighted by atomic mass is 10.1. The van der Waals surface area contributed by atoms with Gasteiger partial charge in [-0.2, -0.15) is 0 Å². The number of hydrogen-bond donors (Lipinski definition) is 2. The Labute approximate surface area is 152 Å². The molecule has 2 heterocycles. The molecular weight excluding hydrogens is 326 g/mol. The molecule has 1 atom stereocenters. The number of aromatic nitrogens is 3. The zero-order valence-electron chi connectivity index (χ0n) is 14.6. The van der Waals surface area contributed by atoms with Crippen LogP contribution in [-0.4, -0.2) is 20.4 Å². The molecule has 6 nitrogen and oxygen atoms in total. The minimum absolute atomic E-state index is 0.0587. The summed E-state index contributed by atoms with van der Waals surface area (Å²) in [6, 6.07) is 12.9. The van der Waals surface area contributed by atoms with Crippen molar-refractivity contribution in [1.82, 2.24) is 19.9 Å². The van der Waals surface area contributed by atoms with Crippen LogP contribution in [-0.2, 0) is 7.05 Å². The molecule has 2 aromatic heterocycles. The van der Waals surface area contributed by atoms with Gasteiger partial charge in [0.1, 0.15) is 11.6 Å². The number of nitrogens with two attached hydrogens (primary N) is 1. The number of anilines is 1. The van der Waals surface area contributed by atoms with Gasteiger partial charge < -0.3 is 15.6 Å². The summed E-state index contributed by atoms with van der Waals surface area (Å²) in [6.07, 6.45) is 5.90. The number of hydrogen-bond acceptors (Lipinski definition) is 4. The van der Waals surface area contributed by atoms with Crippen molar-refractivity contribution in [2.75, 3.05) is 5.73 Å². The number of amides is 1. The Balaban J connectivity index is 1.58. The monoisotopic (exact) mass is 347 g/mol. The van der Waals surface area contributed by atoms with E-state index in [9.17, 15) is 4.79 Å². The Morgan fingerprint density at radius 3 is 2.77 bits per heavy atom. The minimum atomic E-state index is -0.101. The largest absolute Gasteiger partial charge is 0.384 e. The van der Waals surface area contributed by atoms with Crippen molar-refractivity contribution < 1.29 is 4.79 Å². The lowest BCUT2D eigenvalue weighted by molar-refractivity contribution is 0.0929. The molecule has 1 aromatic carbocycles. The van der Waals surface area contributed by atoms with Gasteiger partial charge in [-0.15, -0.1) is 0 Å². The van der Waals surface area contributed by atoms with Gasteiger partial charge in [-0.05, 0) is 43.0 Å². The third kappa shape index (κ3) is 3.31. The van der Waals surface area contributed by atoms with Crippen LogP contribution in [0.15, 0.2) is 54.9 Å². The molecule has 0 radical (unpaired) electrons. The molecular formula is C20H21N5O. The number of nitrogens with one attached hydrogen (secondary N) is 1. The third-order valence-electron chi connectivity index (χ3n) is 4.71. The van der Waals surface area contributed by atoms with E-state index in [2.05, 4.69) is 15.3 Å². The van der Waals surface area contributed by atoms with Gasteiger partial charge in [-0.25, -0.2) is 9.97 Å². The van der Waals surface area contributed by atoms with Crippen LogP contribution in [0.25, 0.3) is 11.3 Å². The van der Waals surface area contributed by atoms with E-state index in [4.69, 9.17) is 5.73 Å². The number of nitrogens with zero attached hydrogens (tertiary/aromatic N) is 3. The molecule has 1 amide bonds. The minimum Gasteiger partial charge on any atom is -0.384 e. The van der Waals surface area contributed by atoms with E-state index in [1.54, 1.807) is 12.3 Å². The van der Waals surface area contributed by atoms with E-state index in [1.807, 2.05) is 54.2 Å². The number of nitrogen functional groups attached to an aromatic ring is 1. The molecule has 0 spiro atoms. The summed E-state index contributed by atoms with van der Waals surface area (Å²) in [6.45, 7) is 0. The number of carbonyl (C=O) groups is 1. The molecule has 1 unspecified atom stereocenters. The average Bonchev–Trinajstić information content (AvgIpc) is 3.41. The first kappa shape index (κ1) is 16.3. The van der Waals surface area contributed by atoms with Crippen molar-refractivity contribution in [1.29, 1.82) is 0 Å². The van der Waals surface area contributed by atoms with Gasteiger partial charge in [0, 0.05) is 30.6 Å². The number of rotatable bonds is 5. The van der Waals surface area contributed by atoms with Crippen molar-refractivity contribution in [3.8, 4) is 11.3 Å². The molecule has 0 aliphatic heterocycles. The number of imidazole rings is 1. The van der Waals surface area contributed by atoms with Crippen molar-refractivity contribution in [2.24, 2.45) is 13.0 Å². The summed E-state index contributed by atoms with van der Waals surface area (Å²) in [4.78, 5) is 21.6. The summed E-state index contributed by atoms with van der Waals surface area (Å²) < 4.78 is 1.97. The normalized spacial score (nSPS) is 14.8. The highest BCUT2D eigenvalue weighted by Gasteiger charge is 2.35. The van der Waals surface area contributed by atoms with E-state index in [-0.39, 0.29) is 11.9 Å². The molecule has 4 rings (SSSR count). The quantitative estimate of drug-likeness (QED) is 0.743. The topological polar surface area (TPSA) is 85.8 Å². The van der Waals surface area contributed by atoms with Gasteiger partial charge in [-0.3, -0.25) is 4.79 Å². The predicted octanol–water partition coefficient (Wildman–Crippen LogP) is 2.95. The van der Waals surface area contributed by atoms with Crippen molar-refractivity contribution >= 4 is 11.7 Å². The highest BCUT2D eigenvalue weighted by molar-refractivity contribution is 5.95. The highest BCUT2D eigenvalue weighted by Crippen LogP contribution is 2.40. The molecule has 1 fully saturated rings. The number of aryl methyl sites for hydroxylation is 1. The smallest absolute Gasteiger partial charge is 0.251 e. The van der Waals surface area contributed by atoms with Crippen LogP contribution < -0.4 is 11.1 Å². The first-order chi connectivity index (χ1) is 12.6. The molecule has 3 N–H and O–H groups in total. The van der Waals surface area contributed by atoms with Crippen LogP contribution in [0, 0.1) is 5.92 Å². The fourth-order valence-corrected chi connectivity index (χ4v) is 3.16. The van der Waals surface area contributed by atoms with Crippen molar-refractivity contribution in [2.45, 2.75) is 18.9 Å². The van der Waals surface area contributed by atoms with Crippen LogP contribution >= 0.6 is 0 Å². The molecule has 0 bridgehead atoms. The average molecular weight is 347 g/mol. The molecule has 1 aliphatic carbocycles. The van der Waals surface area contributed by atoms with E-state index in [1.165, 1.54) is 0 Å². The predicted molar refractivity (Wildman–Crippen MR) is 100 cm³/mol. The molecule has 0 saturated heterocycles. The fraction of sp³-hybridized carbons (Fsp3) is 0.250. The second-order valence-electron chi connectivity index (χ2n) is 6.71. The molecule has 26 heavy (non-hydrogen) atoms. The summed E-state index contributed by atoms with van der Waals surface area (Å²) in [5.41, 5.74) is 7.99. The van der Waals surface area contributed by atoms with Gasteiger partial charge in [0.05, 0.1) is 11.7 Å². The summed E-state index contributed by atoms with van der Waals surface area (Å²) in [7, 11) is 1.95. The Kier molecular flexibility index (Phi) is 4.16. The first-order valence-electron chi connectivity index (χ1n) is 8.73. The zero-order valence-corrected chi connectivity index (χ0v) is 14.6. The lowest BCUT2D eigenvalue weighted by Gasteiger charge is -2.18. The highest BCUT2D eigenvalue weighted by atomic mass is 16.1. The standard InChI is InChI=1S/C20H21N5O/c1-25-11-10-22-19(25)18(13-8-9-13)24-20(26)15-5-2-4-14(12-15)16-6-3-7-17(21)23-16/h2-7,10-13,18H,8-9H2,1H3,(H2,21,23)(H,24,26). The SMILES string of the molecule is Cn1ccnc1C(NC(=O)c1cccc(-c2cccc(N)n2)c1)C1CC1. The second kappa shape index (κ2) is 6.63. The zero-order chi connectivity index (χ0) is 18.1. The molecule has 1 aliphatic rings. The van der Waals surface area contributed by atoms with Gasteiger partial charge in [0.2, 0.25) is 0 Å². The summed E-state index contributed by atoms with van der Waals surface area (Å²) >= 11 is 0. The number of carbonyl (C=O) groups excluding carboxylic acids is 1. The van der Waals surface area contributed by atoms with Crippen LogP contribution in [0.2, 0.25) is 0 Å².